The number of nitrogens with zero attached hydrogens (tertiary/aromatic N) is 2. The van der Waals surface area contributed by atoms with E-state index in [4.69, 9.17) is 0 Å². The van der Waals surface area contributed by atoms with Gasteiger partial charge in [-0.25, -0.2) is 4.39 Å². The Hall–Kier alpha value is -4.01. The van der Waals surface area contributed by atoms with E-state index in [0.717, 1.165) is 29.3 Å². The Balaban J connectivity index is 1.54. The molecule has 2 atom stereocenters. The molecule has 0 unspecified atom stereocenters. The highest BCUT2D eigenvalue weighted by atomic mass is 19.4. The molecule has 0 saturated heterocycles. The van der Waals surface area contributed by atoms with Gasteiger partial charge in [-0.3, -0.25) is 14.6 Å². The molecule has 2 aromatic carbocycles. The number of pyridine rings is 1. The maximum atomic E-state index is 15.3. The number of rotatable bonds is 3. The number of para-hydroxylation sites is 1. The van der Waals surface area contributed by atoms with E-state index in [1.54, 1.807) is 18.0 Å². The van der Waals surface area contributed by atoms with Crippen molar-refractivity contribution in [1.82, 2.24) is 9.88 Å². The van der Waals surface area contributed by atoms with E-state index in [-0.39, 0.29) is 42.3 Å². The zero-order chi connectivity index (χ0) is 29.3. The molecule has 5 rings (SSSR count). The molecule has 0 fully saturated rings. The topological polar surface area (TPSA) is 62.3 Å². The molecule has 2 bridgehead atoms. The molecule has 3 heterocycles. The van der Waals surface area contributed by atoms with Crippen LogP contribution in [0.25, 0.3) is 16.7 Å². The van der Waals surface area contributed by atoms with Crippen molar-refractivity contribution in [3.63, 3.8) is 0 Å². The van der Waals surface area contributed by atoms with Gasteiger partial charge in [-0.05, 0) is 66.6 Å². The number of amides is 2. The second kappa shape index (κ2) is 11.5. The number of alkyl halides is 3. The molecule has 9 heteroatoms. The smallest absolute Gasteiger partial charge is 0.330 e. The summed E-state index contributed by atoms with van der Waals surface area (Å²) >= 11 is 0. The maximum absolute atomic E-state index is 15.3. The molecule has 214 valence electrons. The van der Waals surface area contributed by atoms with Crippen molar-refractivity contribution in [1.29, 1.82) is 0 Å². The summed E-state index contributed by atoms with van der Waals surface area (Å²) in [5.41, 5.74) is 1.55. The van der Waals surface area contributed by atoms with Crippen LogP contribution >= 0.6 is 0 Å². The Kier molecular flexibility index (Phi) is 7.98. The predicted molar refractivity (Wildman–Crippen MR) is 149 cm³/mol. The van der Waals surface area contributed by atoms with Gasteiger partial charge in [0.2, 0.25) is 11.8 Å². The average Bonchev–Trinajstić information content (AvgIpc) is 2.94. The zero-order valence-electron chi connectivity index (χ0n) is 22.9. The van der Waals surface area contributed by atoms with Gasteiger partial charge in [0.1, 0.15) is 5.82 Å². The Morgan fingerprint density at radius 2 is 1.85 bits per heavy atom. The summed E-state index contributed by atoms with van der Waals surface area (Å²) in [7, 11) is 0. The van der Waals surface area contributed by atoms with Crippen molar-refractivity contribution < 1.29 is 27.2 Å². The van der Waals surface area contributed by atoms with Crippen LogP contribution in [0.15, 0.2) is 60.8 Å². The Bertz CT molecular complexity index is 1520. The van der Waals surface area contributed by atoms with E-state index in [9.17, 15) is 22.8 Å². The number of benzene rings is 2. The van der Waals surface area contributed by atoms with Crippen molar-refractivity contribution in [2.24, 2.45) is 5.92 Å². The Morgan fingerprint density at radius 1 is 1.07 bits per heavy atom. The zero-order valence-corrected chi connectivity index (χ0v) is 22.9. The first-order valence-electron chi connectivity index (χ1n) is 13.8. The van der Waals surface area contributed by atoms with E-state index in [1.807, 2.05) is 43.3 Å². The Labute approximate surface area is 236 Å². The van der Waals surface area contributed by atoms with Crippen LogP contribution in [-0.4, -0.2) is 28.2 Å². The van der Waals surface area contributed by atoms with Crippen molar-refractivity contribution in [2.75, 3.05) is 11.9 Å². The lowest BCUT2D eigenvalue weighted by Crippen LogP contribution is -2.38. The van der Waals surface area contributed by atoms with Crippen LogP contribution in [0.5, 0.6) is 0 Å². The molecule has 0 saturated carbocycles. The van der Waals surface area contributed by atoms with Crippen LogP contribution in [0, 0.1) is 11.7 Å². The van der Waals surface area contributed by atoms with Crippen LogP contribution in [0.2, 0.25) is 0 Å². The van der Waals surface area contributed by atoms with E-state index in [1.165, 1.54) is 0 Å². The van der Waals surface area contributed by atoms with Crippen LogP contribution in [0.4, 0.5) is 23.2 Å². The number of halogens is 4. The molecule has 0 aliphatic carbocycles. The van der Waals surface area contributed by atoms with Crippen molar-refractivity contribution >= 4 is 23.1 Å². The number of hydrogen-bond acceptors (Lipinski definition) is 3. The third-order valence-electron chi connectivity index (χ3n) is 7.99. The minimum Gasteiger partial charge on any atom is -0.330 e. The number of hydrogen-bond donors (Lipinski definition) is 1. The number of aromatic nitrogens is 1. The number of carbonyl (C=O) groups is 2. The fourth-order valence-electron chi connectivity index (χ4n) is 5.71. The summed E-state index contributed by atoms with van der Waals surface area (Å²) in [5.74, 6) is -1.79. The minimum atomic E-state index is -4.76. The molecule has 3 aromatic rings. The van der Waals surface area contributed by atoms with E-state index >= 15 is 4.39 Å². The van der Waals surface area contributed by atoms with E-state index in [2.05, 4.69) is 10.3 Å². The molecule has 1 aromatic heterocycles. The summed E-state index contributed by atoms with van der Waals surface area (Å²) in [6, 6.07) is 12.8. The second-order valence-corrected chi connectivity index (χ2v) is 10.6. The summed E-state index contributed by atoms with van der Waals surface area (Å²) in [4.78, 5) is 32.6. The molecule has 0 radical (unpaired) electrons. The third kappa shape index (κ3) is 5.76. The highest BCUT2D eigenvalue weighted by Crippen LogP contribution is 2.41. The molecule has 2 aliphatic heterocycles. The highest BCUT2D eigenvalue weighted by Gasteiger charge is 2.38. The molecule has 5 nitrogen and oxygen atoms in total. The van der Waals surface area contributed by atoms with Gasteiger partial charge in [0, 0.05) is 41.5 Å². The number of fused-ring (bicyclic) bond motifs is 4. The molecular weight excluding hydrogens is 534 g/mol. The lowest BCUT2D eigenvalue weighted by molar-refractivity contribution is -0.138. The van der Waals surface area contributed by atoms with Gasteiger partial charge < -0.3 is 10.2 Å². The molecule has 2 aliphatic rings. The van der Waals surface area contributed by atoms with Crippen LogP contribution in [0.1, 0.15) is 68.0 Å². The van der Waals surface area contributed by atoms with Crippen LogP contribution in [-0.2, 0) is 22.2 Å². The quantitative estimate of drug-likeness (QED) is 0.333. The summed E-state index contributed by atoms with van der Waals surface area (Å²) < 4.78 is 56.9. The van der Waals surface area contributed by atoms with Gasteiger partial charge >= 0.3 is 6.18 Å². The highest BCUT2D eigenvalue weighted by molar-refractivity contribution is 5.98. The third-order valence-corrected chi connectivity index (χ3v) is 7.99. The van der Waals surface area contributed by atoms with Crippen LogP contribution < -0.4 is 5.32 Å². The predicted octanol–water partition coefficient (Wildman–Crippen LogP) is 7.58. The number of nitrogens with one attached hydrogen (secondary N) is 1. The number of aryl methyl sites for hydroxylation is 1. The summed E-state index contributed by atoms with van der Waals surface area (Å²) in [5, 5.41) is 3.02. The largest absolute Gasteiger partial charge is 0.417 e. The first-order chi connectivity index (χ1) is 19.6. The summed E-state index contributed by atoms with van der Waals surface area (Å²) in [6.45, 7) is 3.64. The summed E-state index contributed by atoms with van der Waals surface area (Å²) in [6.07, 6.45) is 0.0445. The molecule has 2 amide bonds. The van der Waals surface area contributed by atoms with Gasteiger partial charge in [-0.2, -0.15) is 13.2 Å². The Morgan fingerprint density at radius 3 is 2.59 bits per heavy atom. The number of carbonyl (C=O) groups excluding carboxylic acids is 2. The van der Waals surface area contributed by atoms with Gasteiger partial charge in [0.15, 0.2) is 0 Å². The fraction of sp³-hybridized carbons (Fsp3) is 0.344. The number of anilines is 1. The van der Waals surface area contributed by atoms with Gasteiger partial charge in [0.05, 0.1) is 17.3 Å². The first-order valence-corrected chi connectivity index (χ1v) is 13.8. The van der Waals surface area contributed by atoms with Crippen molar-refractivity contribution in [3.8, 4) is 11.1 Å². The van der Waals surface area contributed by atoms with E-state index < -0.39 is 35.1 Å². The second-order valence-electron chi connectivity index (χ2n) is 10.6. The standard InChI is InChI=1S/C32H31F4N3O2/c1-3-20-11-12-24(32(34,35)36)29(30(20)33)22-14-16-39(28(40)18-22)27-10-6-7-19(2)31(41)38-25-9-5-4-8-23(25)21-13-15-37-26(27)17-21/h4-5,8-9,11-13,15,17-19,27H,3,6-7,10,14,16H2,1-2H3,(H,38,41)/t19-,27+/m1/s1. The lowest BCUT2D eigenvalue weighted by Gasteiger charge is -2.35. The average molecular weight is 566 g/mol. The lowest BCUT2D eigenvalue weighted by atomic mass is 9.90. The molecular formula is C32H31F4N3O2. The normalized spacial score (nSPS) is 20.0. The minimum absolute atomic E-state index is 0.0421. The van der Waals surface area contributed by atoms with Crippen molar-refractivity contribution in [2.45, 2.75) is 58.2 Å². The monoisotopic (exact) mass is 565 g/mol. The SMILES string of the molecule is CCc1ccc(C(F)(F)F)c(C2=CC(=O)N([C@H]3CCC[C@@H](C)C(=O)Nc4ccccc4-c4ccnc3c4)CC2)c1F. The maximum Gasteiger partial charge on any atom is 0.417 e. The van der Waals surface area contributed by atoms with Gasteiger partial charge in [-0.15, -0.1) is 0 Å². The van der Waals surface area contributed by atoms with E-state index in [0.29, 0.717) is 30.6 Å². The van der Waals surface area contributed by atoms with Gasteiger partial charge in [-0.1, -0.05) is 44.5 Å². The van der Waals surface area contributed by atoms with Gasteiger partial charge in [0.25, 0.3) is 0 Å². The van der Waals surface area contributed by atoms with Crippen LogP contribution in [0.3, 0.4) is 0 Å². The molecule has 41 heavy (non-hydrogen) atoms. The molecule has 1 N–H and O–H groups in total. The van der Waals surface area contributed by atoms with Crippen molar-refractivity contribution in [3.05, 3.63) is 89.0 Å². The molecule has 0 spiro atoms. The first kappa shape index (κ1) is 28.5. The fourth-order valence-corrected chi connectivity index (χ4v) is 5.71.